The number of nitrogens with one attached hydrogen (secondary N) is 3. The predicted octanol–water partition coefficient (Wildman–Crippen LogP) is 3.61. The highest BCUT2D eigenvalue weighted by Crippen LogP contribution is 2.29. The van der Waals surface area contributed by atoms with Gasteiger partial charge in [0.25, 0.3) is 0 Å². The SMILES string of the molecule is CC(NC(=O)OCc1ccccc1)C(=O)N[C@@H](Cc1cn(C)c2ccccc12)C(=O)NC(Cc1ccccc1)C(=O)C1(C)CO1. The van der Waals surface area contributed by atoms with E-state index in [9.17, 15) is 19.2 Å². The Bertz CT molecular complexity index is 1670. The van der Waals surface area contributed by atoms with Gasteiger partial charge in [-0.1, -0.05) is 78.9 Å². The van der Waals surface area contributed by atoms with Crippen LogP contribution in [-0.4, -0.2) is 58.6 Å². The highest BCUT2D eigenvalue weighted by atomic mass is 16.6. The number of amides is 3. The first-order valence-corrected chi connectivity index (χ1v) is 15.0. The van der Waals surface area contributed by atoms with Crippen LogP contribution in [0.3, 0.4) is 0 Å². The summed E-state index contributed by atoms with van der Waals surface area (Å²) in [6.07, 6.45) is 1.59. The van der Waals surface area contributed by atoms with Crippen LogP contribution < -0.4 is 16.0 Å². The third kappa shape index (κ3) is 7.96. The molecule has 4 aromatic rings. The summed E-state index contributed by atoms with van der Waals surface area (Å²) >= 11 is 0. The van der Waals surface area contributed by atoms with Crippen LogP contribution in [-0.2, 0) is 50.4 Å². The molecule has 3 N–H and O–H groups in total. The highest BCUT2D eigenvalue weighted by molar-refractivity contribution is 5.98. The Morgan fingerprint density at radius 1 is 0.822 bits per heavy atom. The van der Waals surface area contributed by atoms with Gasteiger partial charge in [-0.25, -0.2) is 4.79 Å². The molecule has 10 heteroatoms. The average Bonchev–Trinajstić information content (AvgIpc) is 3.73. The number of aromatic nitrogens is 1. The lowest BCUT2D eigenvalue weighted by Crippen LogP contribution is -2.57. The van der Waals surface area contributed by atoms with Gasteiger partial charge in [0.15, 0.2) is 5.78 Å². The van der Waals surface area contributed by atoms with Gasteiger partial charge in [0.1, 0.15) is 24.3 Å². The van der Waals surface area contributed by atoms with Crippen molar-refractivity contribution in [1.29, 1.82) is 0 Å². The Hall–Kier alpha value is -4.96. The number of ketones is 1. The molecule has 1 aromatic heterocycles. The number of alkyl carbamates (subject to hydrolysis) is 1. The second-order valence-electron chi connectivity index (χ2n) is 11.6. The molecule has 234 valence electrons. The van der Waals surface area contributed by atoms with E-state index in [0.717, 1.165) is 27.6 Å². The number of para-hydroxylation sites is 1. The van der Waals surface area contributed by atoms with Crippen molar-refractivity contribution in [2.75, 3.05) is 6.61 Å². The summed E-state index contributed by atoms with van der Waals surface area (Å²) in [4.78, 5) is 53.2. The molecule has 4 atom stereocenters. The van der Waals surface area contributed by atoms with Crippen molar-refractivity contribution in [3.63, 3.8) is 0 Å². The van der Waals surface area contributed by atoms with Crippen molar-refractivity contribution in [1.82, 2.24) is 20.5 Å². The molecule has 10 nitrogen and oxygen atoms in total. The van der Waals surface area contributed by atoms with E-state index in [1.165, 1.54) is 6.92 Å². The van der Waals surface area contributed by atoms with Crippen molar-refractivity contribution in [3.8, 4) is 0 Å². The minimum Gasteiger partial charge on any atom is -0.445 e. The average molecular weight is 611 g/mol. The third-order valence-corrected chi connectivity index (χ3v) is 7.99. The largest absolute Gasteiger partial charge is 0.445 e. The first kappa shape index (κ1) is 31.5. The van der Waals surface area contributed by atoms with E-state index in [0.29, 0.717) is 0 Å². The van der Waals surface area contributed by atoms with Gasteiger partial charge in [-0.2, -0.15) is 0 Å². The number of hydrogen-bond donors (Lipinski definition) is 3. The molecule has 2 heterocycles. The van der Waals surface area contributed by atoms with Gasteiger partial charge in [-0.3, -0.25) is 14.4 Å². The smallest absolute Gasteiger partial charge is 0.408 e. The van der Waals surface area contributed by atoms with Gasteiger partial charge in [0, 0.05) is 30.6 Å². The van der Waals surface area contributed by atoms with Crippen LogP contribution >= 0.6 is 0 Å². The zero-order valence-electron chi connectivity index (χ0n) is 25.6. The summed E-state index contributed by atoms with van der Waals surface area (Å²) in [7, 11) is 1.91. The van der Waals surface area contributed by atoms with Crippen molar-refractivity contribution in [3.05, 3.63) is 108 Å². The number of aryl methyl sites for hydroxylation is 1. The van der Waals surface area contributed by atoms with E-state index in [1.54, 1.807) is 6.92 Å². The number of fused-ring (bicyclic) bond motifs is 1. The first-order chi connectivity index (χ1) is 21.6. The number of rotatable bonds is 13. The number of Topliss-reactive ketones (excluding diaryl/α,β-unsaturated/α-hetero) is 1. The standard InChI is InChI=1S/C35H38N4O6/c1-23(36-34(43)44-21-25-14-8-5-9-15-25)32(41)38-29(19-26-20-39(3)30-17-11-10-16-27(26)30)33(42)37-28(31(40)35(2)22-45-35)18-24-12-6-4-7-13-24/h4-17,20,23,28-29H,18-19,21-22H2,1-3H3,(H,36,43)(H,37,42)(H,38,41)/t23?,28?,29-,35?/m0/s1. The summed E-state index contributed by atoms with van der Waals surface area (Å²) in [5.41, 5.74) is 2.55. The fourth-order valence-electron chi connectivity index (χ4n) is 5.27. The molecule has 0 bridgehead atoms. The van der Waals surface area contributed by atoms with E-state index in [1.807, 2.05) is 103 Å². The van der Waals surface area contributed by atoms with Crippen molar-refractivity contribution in [2.45, 2.75) is 57.0 Å². The predicted molar refractivity (Wildman–Crippen MR) is 169 cm³/mol. The number of hydrogen-bond acceptors (Lipinski definition) is 6. The van der Waals surface area contributed by atoms with Gasteiger partial charge in [0.05, 0.1) is 12.6 Å². The number of benzene rings is 3. The number of epoxide rings is 1. The van der Waals surface area contributed by atoms with Crippen LogP contribution in [0.4, 0.5) is 4.79 Å². The second kappa shape index (κ2) is 13.8. The molecule has 3 aromatic carbocycles. The minimum absolute atomic E-state index is 0.0482. The van der Waals surface area contributed by atoms with Crippen LogP contribution in [0.25, 0.3) is 10.9 Å². The van der Waals surface area contributed by atoms with Crippen molar-refractivity contribution >= 4 is 34.6 Å². The monoisotopic (exact) mass is 610 g/mol. The molecule has 3 amide bonds. The molecule has 45 heavy (non-hydrogen) atoms. The van der Waals surface area contributed by atoms with Gasteiger partial charge >= 0.3 is 6.09 Å². The molecule has 0 saturated carbocycles. The molecular weight excluding hydrogens is 572 g/mol. The van der Waals surface area contributed by atoms with Crippen LogP contribution in [0.2, 0.25) is 0 Å². The zero-order valence-corrected chi connectivity index (χ0v) is 25.6. The van der Waals surface area contributed by atoms with Crippen LogP contribution in [0, 0.1) is 0 Å². The quantitative estimate of drug-likeness (QED) is 0.198. The van der Waals surface area contributed by atoms with Crippen molar-refractivity contribution < 1.29 is 28.7 Å². The number of carbonyl (C=O) groups is 4. The van der Waals surface area contributed by atoms with Crippen LogP contribution in [0.15, 0.2) is 91.1 Å². The summed E-state index contributed by atoms with van der Waals surface area (Å²) < 4.78 is 12.6. The maximum atomic E-state index is 13.9. The van der Waals surface area contributed by atoms with Crippen LogP contribution in [0.5, 0.6) is 0 Å². The van der Waals surface area contributed by atoms with Gasteiger partial charge in [-0.05, 0) is 43.0 Å². The van der Waals surface area contributed by atoms with E-state index in [-0.39, 0.29) is 31.8 Å². The summed E-state index contributed by atoms with van der Waals surface area (Å²) in [5.74, 6) is -1.32. The maximum Gasteiger partial charge on any atom is 0.408 e. The molecule has 1 saturated heterocycles. The Labute approximate surface area is 262 Å². The number of nitrogens with zero attached hydrogens (tertiary/aromatic N) is 1. The number of carbonyl (C=O) groups excluding carboxylic acids is 4. The molecule has 3 unspecified atom stereocenters. The van der Waals surface area contributed by atoms with Gasteiger partial charge in [0.2, 0.25) is 11.8 Å². The fourth-order valence-corrected chi connectivity index (χ4v) is 5.27. The Balaban J connectivity index is 1.33. The molecule has 0 aliphatic carbocycles. The lowest BCUT2D eigenvalue weighted by molar-refractivity contribution is -0.133. The summed E-state index contributed by atoms with van der Waals surface area (Å²) in [5, 5.41) is 9.19. The van der Waals surface area contributed by atoms with Gasteiger partial charge in [-0.15, -0.1) is 0 Å². The molecule has 0 radical (unpaired) electrons. The van der Waals surface area contributed by atoms with Crippen molar-refractivity contribution in [2.24, 2.45) is 7.05 Å². The van der Waals surface area contributed by atoms with Gasteiger partial charge < -0.3 is 30.0 Å². The normalized spacial score (nSPS) is 17.5. The first-order valence-electron chi connectivity index (χ1n) is 15.0. The molecule has 1 fully saturated rings. The van der Waals surface area contributed by atoms with Crippen LogP contribution in [0.1, 0.15) is 30.5 Å². The molecule has 1 aliphatic rings. The third-order valence-electron chi connectivity index (χ3n) is 7.99. The zero-order chi connectivity index (χ0) is 32.0. The van der Waals surface area contributed by atoms with E-state index in [4.69, 9.17) is 9.47 Å². The topological polar surface area (TPSA) is 131 Å². The Morgan fingerprint density at radius 3 is 2.09 bits per heavy atom. The van der Waals surface area contributed by atoms with E-state index in [2.05, 4.69) is 16.0 Å². The lowest BCUT2D eigenvalue weighted by Gasteiger charge is -2.25. The Morgan fingerprint density at radius 2 is 1.42 bits per heavy atom. The molecular formula is C35H38N4O6. The summed E-state index contributed by atoms with van der Waals surface area (Å²) in [6, 6.07) is 23.5. The maximum absolute atomic E-state index is 13.9. The minimum atomic E-state index is -1.05. The fraction of sp³-hybridized carbons (Fsp3) is 0.314. The van der Waals surface area contributed by atoms with E-state index < -0.39 is 41.6 Å². The molecule has 0 spiro atoms. The summed E-state index contributed by atoms with van der Waals surface area (Å²) in [6.45, 7) is 3.55. The highest BCUT2D eigenvalue weighted by Gasteiger charge is 2.50. The molecule has 5 rings (SSSR count). The van der Waals surface area contributed by atoms with E-state index >= 15 is 0 Å². The number of ether oxygens (including phenoxy) is 2. The lowest BCUT2D eigenvalue weighted by atomic mass is 9.94. The Kier molecular flexibility index (Phi) is 9.63. The molecule has 1 aliphatic heterocycles. The second-order valence-corrected chi connectivity index (χ2v) is 11.6.